The first-order valence-corrected chi connectivity index (χ1v) is 9.18. The molecule has 0 fully saturated rings. The van der Waals surface area contributed by atoms with Crippen molar-refractivity contribution in [2.24, 2.45) is 5.73 Å². The lowest BCUT2D eigenvalue weighted by Gasteiger charge is -2.21. The molecule has 29 heavy (non-hydrogen) atoms. The van der Waals surface area contributed by atoms with E-state index < -0.39 is 18.8 Å². The molecule has 0 aliphatic carbocycles. The predicted molar refractivity (Wildman–Crippen MR) is 106 cm³/mol. The second kappa shape index (κ2) is 7.67. The highest BCUT2D eigenvalue weighted by atomic mass is 16.5. The van der Waals surface area contributed by atoms with Crippen LogP contribution in [0.4, 0.5) is 0 Å². The van der Waals surface area contributed by atoms with Gasteiger partial charge in [0.25, 0.3) is 5.89 Å². The highest BCUT2D eigenvalue weighted by Gasteiger charge is 2.30. The molecule has 4 N–H and O–H groups in total. The molecule has 0 atom stereocenters. The van der Waals surface area contributed by atoms with Crippen LogP contribution >= 0.6 is 0 Å². The predicted octanol–water partition coefficient (Wildman–Crippen LogP) is 2.69. The number of furan rings is 1. The highest BCUT2D eigenvalue weighted by molar-refractivity contribution is 5.83. The molecule has 150 valence electrons. The molecule has 0 saturated carbocycles. The minimum absolute atomic E-state index is 0.304. The van der Waals surface area contributed by atoms with Gasteiger partial charge in [-0.25, -0.2) is 0 Å². The first kappa shape index (κ1) is 19.1. The largest absolute Gasteiger partial charge is 0.494 e. The molecular weight excluding hydrogens is 374 g/mol. The third-order valence-corrected chi connectivity index (χ3v) is 4.67. The Balaban J connectivity index is 1.63. The number of ether oxygens (including phenoxy) is 1. The van der Waals surface area contributed by atoms with Crippen LogP contribution in [0.15, 0.2) is 57.5 Å². The first-order chi connectivity index (χ1) is 14.1. The van der Waals surface area contributed by atoms with Gasteiger partial charge in [-0.2, -0.15) is 4.98 Å². The SMILES string of the molecule is CCOc1ccc(-c2nc(-c3ccc4oc(C(N)(CO)CO)cc4c3)no2)cc1. The van der Waals surface area contributed by atoms with E-state index in [0.29, 0.717) is 29.7 Å². The lowest BCUT2D eigenvalue weighted by atomic mass is 10.00. The van der Waals surface area contributed by atoms with Crippen molar-refractivity contribution in [3.05, 3.63) is 54.3 Å². The molecule has 0 bridgehead atoms. The minimum Gasteiger partial charge on any atom is -0.494 e. The molecule has 0 unspecified atom stereocenters. The number of benzene rings is 2. The van der Waals surface area contributed by atoms with E-state index in [1.165, 1.54) is 0 Å². The van der Waals surface area contributed by atoms with Gasteiger partial charge in [0.15, 0.2) is 0 Å². The summed E-state index contributed by atoms with van der Waals surface area (Å²) in [5.41, 5.74) is 6.75. The van der Waals surface area contributed by atoms with Crippen LogP contribution in [0.5, 0.6) is 5.75 Å². The van der Waals surface area contributed by atoms with Gasteiger partial charge < -0.3 is 29.6 Å². The second-order valence-electron chi connectivity index (χ2n) is 6.72. The van der Waals surface area contributed by atoms with Crippen LogP contribution in [0.1, 0.15) is 12.7 Å². The maximum Gasteiger partial charge on any atom is 0.258 e. The molecule has 2 aromatic heterocycles. The van der Waals surface area contributed by atoms with Gasteiger partial charge >= 0.3 is 0 Å². The Bertz CT molecular complexity index is 1110. The average Bonchev–Trinajstić information content (AvgIpc) is 3.41. The van der Waals surface area contributed by atoms with Gasteiger partial charge in [-0.3, -0.25) is 0 Å². The summed E-state index contributed by atoms with van der Waals surface area (Å²) in [5.74, 6) is 1.91. The van der Waals surface area contributed by atoms with Gasteiger partial charge in [0, 0.05) is 16.5 Å². The van der Waals surface area contributed by atoms with E-state index in [-0.39, 0.29) is 0 Å². The molecule has 8 nitrogen and oxygen atoms in total. The number of nitrogens with two attached hydrogens (primary N) is 1. The Morgan fingerprint density at radius 2 is 1.76 bits per heavy atom. The summed E-state index contributed by atoms with van der Waals surface area (Å²) >= 11 is 0. The van der Waals surface area contributed by atoms with Crippen molar-refractivity contribution in [2.75, 3.05) is 19.8 Å². The summed E-state index contributed by atoms with van der Waals surface area (Å²) in [5, 5.41) is 23.8. The van der Waals surface area contributed by atoms with Crippen molar-refractivity contribution in [2.45, 2.75) is 12.5 Å². The lowest BCUT2D eigenvalue weighted by molar-refractivity contribution is 0.105. The minimum atomic E-state index is -1.34. The second-order valence-corrected chi connectivity index (χ2v) is 6.72. The topological polar surface area (TPSA) is 128 Å². The molecule has 2 aromatic carbocycles. The monoisotopic (exact) mass is 395 g/mol. The van der Waals surface area contributed by atoms with E-state index in [1.807, 2.05) is 37.3 Å². The number of nitrogens with zero attached hydrogens (tertiary/aromatic N) is 2. The number of hydrogen-bond donors (Lipinski definition) is 3. The molecule has 0 amide bonds. The highest BCUT2D eigenvalue weighted by Crippen LogP contribution is 2.30. The Hall–Kier alpha value is -3.20. The fourth-order valence-electron chi connectivity index (χ4n) is 2.95. The fourth-order valence-corrected chi connectivity index (χ4v) is 2.95. The maximum absolute atomic E-state index is 9.47. The van der Waals surface area contributed by atoms with Crippen LogP contribution in [-0.2, 0) is 5.54 Å². The van der Waals surface area contributed by atoms with Crippen LogP contribution in [0.3, 0.4) is 0 Å². The van der Waals surface area contributed by atoms with E-state index in [9.17, 15) is 10.2 Å². The third kappa shape index (κ3) is 3.61. The van der Waals surface area contributed by atoms with Crippen LogP contribution in [0.2, 0.25) is 0 Å². The zero-order chi connectivity index (χ0) is 20.4. The number of aliphatic hydroxyl groups is 2. The zero-order valence-electron chi connectivity index (χ0n) is 15.8. The van der Waals surface area contributed by atoms with Crippen LogP contribution in [-0.4, -0.2) is 40.2 Å². The van der Waals surface area contributed by atoms with Gasteiger partial charge in [-0.05, 0) is 55.5 Å². The van der Waals surface area contributed by atoms with E-state index >= 15 is 0 Å². The van der Waals surface area contributed by atoms with Crippen LogP contribution in [0, 0.1) is 0 Å². The summed E-state index contributed by atoms with van der Waals surface area (Å²) in [6.45, 7) is 1.65. The van der Waals surface area contributed by atoms with Gasteiger partial charge in [0.1, 0.15) is 22.6 Å². The van der Waals surface area contributed by atoms with Crippen molar-refractivity contribution >= 4 is 11.0 Å². The Labute approximate surface area is 166 Å². The normalized spacial score (nSPS) is 11.9. The molecule has 4 aromatic rings. The molecule has 0 radical (unpaired) electrons. The van der Waals surface area contributed by atoms with Crippen molar-refractivity contribution in [1.82, 2.24) is 10.1 Å². The van der Waals surface area contributed by atoms with Gasteiger partial charge in [-0.1, -0.05) is 5.16 Å². The molecule has 0 aliphatic heterocycles. The first-order valence-electron chi connectivity index (χ1n) is 9.18. The number of aromatic nitrogens is 2. The van der Waals surface area contributed by atoms with E-state index in [1.54, 1.807) is 18.2 Å². The van der Waals surface area contributed by atoms with Crippen molar-refractivity contribution < 1.29 is 23.9 Å². The number of aliphatic hydroxyl groups excluding tert-OH is 2. The smallest absolute Gasteiger partial charge is 0.258 e. The quantitative estimate of drug-likeness (QED) is 0.436. The summed E-state index contributed by atoms with van der Waals surface area (Å²) in [6.07, 6.45) is 0. The molecule has 0 saturated heterocycles. The van der Waals surface area contributed by atoms with Crippen molar-refractivity contribution in [1.29, 1.82) is 0 Å². The molecule has 8 heteroatoms. The molecule has 4 rings (SSSR count). The molecule has 2 heterocycles. The lowest BCUT2D eigenvalue weighted by Crippen LogP contribution is -2.43. The van der Waals surface area contributed by atoms with E-state index in [2.05, 4.69) is 10.1 Å². The summed E-state index contributed by atoms with van der Waals surface area (Å²) in [6, 6.07) is 14.5. The van der Waals surface area contributed by atoms with Gasteiger partial charge in [-0.15, -0.1) is 0 Å². The summed E-state index contributed by atoms with van der Waals surface area (Å²) in [4.78, 5) is 4.47. The third-order valence-electron chi connectivity index (χ3n) is 4.67. The van der Waals surface area contributed by atoms with Gasteiger partial charge in [0.05, 0.1) is 19.8 Å². The van der Waals surface area contributed by atoms with Gasteiger partial charge in [0.2, 0.25) is 5.82 Å². The number of hydrogen-bond acceptors (Lipinski definition) is 8. The van der Waals surface area contributed by atoms with Crippen molar-refractivity contribution in [3.63, 3.8) is 0 Å². The van der Waals surface area contributed by atoms with E-state index in [0.717, 1.165) is 22.3 Å². The maximum atomic E-state index is 9.47. The molecule has 0 aliphatic rings. The number of rotatable bonds is 7. The summed E-state index contributed by atoms with van der Waals surface area (Å²) in [7, 11) is 0. The Morgan fingerprint density at radius 3 is 2.45 bits per heavy atom. The Kier molecular flexibility index (Phi) is 5.06. The molecule has 0 spiro atoms. The molecular formula is C21H21N3O5. The zero-order valence-corrected chi connectivity index (χ0v) is 15.8. The van der Waals surface area contributed by atoms with Crippen molar-refractivity contribution in [3.8, 4) is 28.6 Å². The Morgan fingerprint density at radius 1 is 1.03 bits per heavy atom. The van der Waals surface area contributed by atoms with Crippen LogP contribution in [0.25, 0.3) is 33.8 Å². The van der Waals surface area contributed by atoms with Crippen LogP contribution < -0.4 is 10.5 Å². The number of fused-ring (bicyclic) bond motifs is 1. The standard InChI is InChI=1S/C21H21N3O5/c1-2-27-16-6-3-13(4-7-16)20-23-19(24-29-20)14-5-8-17-15(9-14)10-18(28-17)21(22,11-25)12-26/h3-10,25-26H,2,11-12,22H2,1H3. The van der Waals surface area contributed by atoms with E-state index in [4.69, 9.17) is 19.4 Å². The average molecular weight is 395 g/mol. The fraction of sp³-hybridized carbons (Fsp3) is 0.238. The summed E-state index contributed by atoms with van der Waals surface area (Å²) < 4.78 is 16.5.